The number of nitrogens with two attached hydrogens (primary N) is 1. The zero-order valence-electron chi connectivity index (χ0n) is 15.7. The lowest BCUT2D eigenvalue weighted by Crippen LogP contribution is -2.25. The summed E-state index contributed by atoms with van der Waals surface area (Å²) >= 11 is 0. The van der Waals surface area contributed by atoms with Crippen LogP contribution in [0.4, 0.5) is 4.79 Å². The van der Waals surface area contributed by atoms with Gasteiger partial charge in [-0.05, 0) is 24.9 Å². The Morgan fingerprint density at radius 3 is 1.88 bits per heavy atom. The minimum absolute atomic E-state index is 0.321. The molecule has 0 atom stereocenters. The molecule has 142 valence electrons. The van der Waals surface area contributed by atoms with Crippen molar-refractivity contribution in [1.29, 1.82) is 0 Å². The fraction of sp³-hybridized carbons (Fsp3) is 0.667. The van der Waals surface area contributed by atoms with Crippen molar-refractivity contribution in [2.75, 3.05) is 13.1 Å². The molecule has 0 aliphatic rings. The number of carbonyl (C=O) groups excluding carboxylic acids is 1. The van der Waals surface area contributed by atoms with Crippen LogP contribution < -0.4 is 11.1 Å². The van der Waals surface area contributed by atoms with E-state index in [1.54, 1.807) is 0 Å². The molecule has 3 N–H and O–H groups in total. The van der Waals surface area contributed by atoms with Gasteiger partial charge in [-0.3, -0.25) is 0 Å². The fourth-order valence-corrected chi connectivity index (χ4v) is 2.82. The van der Waals surface area contributed by atoms with Crippen LogP contribution in [0.15, 0.2) is 30.3 Å². The molecule has 0 fully saturated rings. The quantitative estimate of drug-likeness (QED) is 0.430. The number of benzene rings is 1. The van der Waals surface area contributed by atoms with Crippen LogP contribution in [0.1, 0.15) is 76.2 Å². The topological polar surface area (TPSA) is 64.3 Å². The predicted molar refractivity (Wildman–Crippen MR) is 104 cm³/mol. The Morgan fingerprint density at radius 2 is 1.32 bits per heavy atom. The molecule has 0 unspecified atom stereocenters. The number of nitrogens with one attached hydrogen (secondary N) is 1. The second-order valence-corrected chi connectivity index (χ2v) is 6.67. The summed E-state index contributed by atoms with van der Waals surface area (Å²) in [5.74, 6) is 0. The van der Waals surface area contributed by atoms with E-state index < -0.39 is 0 Å². The van der Waals surface area contributed by atoms with E-state index in [0.29, 0.717) is 13.2 Å². The number of carbonyl (C=O) groups is 1. The van der Waals surface area contributed by atoms with Gasteiger partial charge >= 0.3 is 6.09 Å². The van der Waals surface area contributed by atoms with Gasteiger partial charge in [0.25, 0.3) is 0 Å². The van der Waals surface area contributed by atoms with Crippen molar-refractivity contribution in [3.8, 4) is 0 Å². The molecule has 0 bridgehead atoms. The first-order valence-corrected chi connectivity index (χ1v) is 9.97. The fourth-order valence-electron chi connectivity index (χ4n) is 2.82. The third kappa shape index (κ3) is 13.4. The van der Waals surface area contributed by atoms with E-state index in [-0.39, 0.29) is 6.09 Å². The number of hydrogen-bond donors (Lipinski definition) is 2. The molecular weight excluding hydrogens is 312 g/mol. The van der Waals surface area contributed by atoms with Gasteiger partial charge in [0.1, 0.15) is 6.61 Å². The lowest BCUT2D eigenvalue weighted by molar-refractivity contribution is 0.139. The molecule has 0 heterocycles. The van der Waals surface area contributed by atoms with Crippen molar-refractivity contribution in [2.24, 2.45) is 5.73 Å². The molecular formula is C21H36N2O2. The maximum atomic E-state index is 11.6. The largest absolute Gasteiger partial charge is 0.445 e. The maximum absolute atomic E-state index is 11.6. The molecule has 0 saturated carbocycles. The van der Waals surface area contributed by atoms with Gasteiger partial charge < -0.3 is 15.8 Å². The first kappa shape index (κ1) is 21.5. The molecule has 1 aromatic rings. The summed E-state index contributed by atoms with van der Waals surface area (Å²) in [6.45, 7) is 1.87. The predicted octanol–water partition coefficient (Wildman–Crippen LogP) is 5.16. The lowest BCUT2D eigenvalue weighted by Gasteiger charge is -2.07. The van der Waals surface area contributed by atoms with Crippen molar-refractivity contribution >= 4 is 6.09 Å². The van der Waals surface area contributed by atoms with Gasteiger partial charge in [0.05, 0.1) is 0 Å². The van der Waals surface area contributed by atoms with Gasteiger partial charge in [0.2, 0.25) is 0 Å². The first-order chi connectivity index (χ1) is 12.3. The van der Waals surface area contributed by atoms with Crippen LogP contribution in [0, 0.1) is 0 Å². The normalized spacial score (nSPS) is 10.6. The molecule has 0 aliphatic heterocycles. The zero-order valence-corrected chi connectivity index (χ0v) is 15.7. The smallest absolute Gasteiger partial charge is 0.407 e. The van der Waals surface area contributed by atoms with E-state index in [4.69, 9.17) is 10.5 Å². The van der Waals surface area contributed by atoms with Crippen molar-refractivity contribution in [2.45, 2.75) is 77.2 Å². The van der Waals surface area contributed by atoms with Crippen LogP contribution in [0.2, 0.25) is 0 Å². The van der Waals surface area contributed by atoms with Gasteiger partial charge in [0, 0.05) is 6.54 Å². The van der Waals surface area contributed by atoms with E-state index in [1.807, 2.05) is 30.3 Å². The summed E-state index contributed by atoms with van der Waals surface area (Å²) in [6.07, 6.45) is 13.7. The number of ether oxygens (including phenoxy) is 1. The van der Waals surface area contributed by atoms with Crippen molar-refractivity contribution < 1.29 is 9.53 Å². The standard InChI is InChI=1S/C21H36N2O2/c22-17-13-8-6-4-2-1-3-5-7-9-14-18-23-21(24)25-19-20-15-11-10-12-16-20/h10-12,15-16H,1-9,13-14,17-19,22H2,(H,23,24). The van der Waals surface area contributed by atoms with Crippen molar-refractivity contribution in [3.63, 3.8) is 0 Å². The molecule has 1 amide bonds. The number of alkyl carbamates (subject to hydrolysis) is 1. The van der Waals surface area contributed by atoms with Crippen LogP contribution in [0.3, 0.4) is 0 Å². The Bertz CT molecular complexity index is 423. The Labute approximate surface area is 153 Å². The van der Waals surface area contributed by atoms with Crippen LogP contribution >= 0.6 is 0 Å². The molecule has 1 rings (SSSR count). The molecule has 4 nitrogen and oxygen atoms in total. The molecule has 25 heavy (non-hydrogen) atoms. The van der Waals surface area contributed by atoms with E-state index in [2.05, 4.69) is 5.32 Å². The molecule has 4 heteroatoms. The monoisotopic (exact) mass is 348 g/mol. The molecule has 0 aromatic heterocycles. The Balaban J connectivity index is 1.80. The van der Waals surface area contributed by atoms with Gasteiger partial charge in [0.15, 0.2) is 0 Å². The number of hydrogen-bond acceptors (Lipinski definition) is 3. The van der Waals surface area contributed by atoms with Crippen LogP contribution in [0.25, 0.3) is 0 Å². The highest BCUT2D eigenvalue weighted by molar-refractivity contribution is 5.67. The highest BCUT2D eigenvalue weighted by atomic mass is 16.5. The maximum Gasteiger partial charge on any atom is 0.407 e. The molecule has 1 aromatic carbocycles. The number of rotatable bonds is 15. The van der Waals surface area contributed by atoms with E-state index in [0.717, 1.165) is 18.5 Å². The molecule has 0 aliphatic carbocycles. The van der Waals surface area contributed by atoms with Crippen LogP contribution in [0.5, 0.6) is 0 Å². The average Bonchev–Trinajstić information content (AvgIpc) is 2.64. The third-order valence-corrected chi connectivity index (χ3v) is 4.36. The minimum atomic E-state index is -0.321. The van der Waals surface area contributed by atoms with Gasteiger partial charge in [-0.2, -0.15) is 0 Å². The lowest BCUT2D eigenvalue weighted by atomic mass is 10.1. The highest BCUT2D eigenvalue weighted by Gasteiger charge is 2.01. The summed E-state index contributed by atoms with van der Waals surface area (Å²) < 4.78 is 5.18. The summed E-state index contributed by atoms with van der Waals surface area (Å²) in [5, 5.41) is 2.82. The van der Waals surface area contributed by atoms with E-state index in [9.17, 15) is 4.79 Å². The minimum Gasteiger partial charge on any atom is -0.445 e. The molecule has 0 radical (unpaired) electrons. The van der Waals surface area contributed by atoms with Crippen LogP contribution in [-0.2, 0) is 11.3 Å². The summed E-state index contributed by atoms with van der Waals surface area (Å²) in [5.41, 5.74) is 6.50. The van der Waals surface area contributed by atoms with E-state index >= 15 is 0 Å². The molecule has 0 saturated heterocycles. The Kier molecular flexibility index (Phi) is 13.7. The Hall–Kier alpha value is -1.55. The van der Waals surface area contributed by atoms with Gasteiger partial charge in [-0.25, -0.2) is 4.79 Å². The van der Waals surface area contributed by atoms with Crippen LogP contribution in [-0.4, -0.2) is 19.2 Å². The number of amides is 1. The van der Waals surface area contributed by atoms with Gasteiger partial charge in [-0.15, -0.1) is 0 Å². The number of unbranched alkanes of at least 4 members (excludes halogenated alkanes) is 10. The third-order valence-electron chi connectivity index (χ3n) is 4.36. The Morgan fingerprint density at radius 1 is 0.800 bits per heavy atom. The summed E-state index contributed by atoms with van der Waals surface area (Å²) in [7, 11) is 0. The van der Waals surface area contributed by atoms with E-state index in [1.165, 1.54) is 64.2 Å². The van der Waals surface area contributed by atoms with Crippen molar-refractivity contribution in [1.82, 2.24) is 5.32 Å². The van der Waals surface area contributed by atoms with Gasteiger partial charge in [-0.1, -0.05) is 88.1 Å². The second-order valence-electron chi connectivity index (χ2n) is 6.67. The first-order valence-electron chi connectivity index (χ1n) is 9.97. The SMILES string of the molecule is NCCCCCCCCCCCCCNC(=O)OCc1ccccc1. The molecule has 0 spiro atoms. The van der Waals surface area contributed by atoms with Crippen molar-refractivity contribution in [3.05, 3.63) is 35.9 Å². The second kappa shape index (κ2) is 15.9. The highest BCUT2D eigenvalue weighted by Crippen LogP contribution is 2.11. The zero-order chi connectivity index (χ0) is 18.0. The average molecular weight is 349 g/mol. The summed E-state index contributed by atoms with van der Waals surface area (Å²) in [6, 6.07) is 9.74. The summed E-state index contributed by atoms with van der Waals surface area (Å²) in [4.78, 5) is 11.6.